The maximum absolute atomic E-state index is 15.0. The molecule has 0 atom stereocenters. The van der Waals surface area contributed by atoms with Crippen molar-refractivity contribution >= 4 is 43.0 Å². The van der Waals surface area contributed by atoms with Gasteiger partial charge in [-0.1, -0.05) is 6.07 Å². The Morgan fingerprint density at radius 2 is 1.02 bits per heavy atom. The molecule has 0 aliphatic carbocycles. The van der Waals surface area contributed by atoms with Crippen LogP contribution < -0.4 is 15.8 Å². The second-order valence-electron chi connectivity index (χ2n) is 15.0. The number of hydrogen-bond acceptors (Lipinski definition) is 8. The molecule has 1 aromatic carbocycles. The van der Waals surface area contributed by atoms with Gasteiger partial charge in [-0.05, 0) is 108 Å². The standard InChI is InChI=1S/C29H44B2F3NO8/c1-23(2,3)38-21(36)35(22(37)39-24(4,5)6)19-16-17(30-40-25(7,8)26(9,10)41-30)15-18(29(32,33)34)20(19)31-42-27(11,12)28(13,14)43-31/h15-16H,1-14H3. The lowest BCUT2D eigenvalue weighted by atomic mass is 9.69. The second-order valence-corrected chi connectivity index (χ2v) is 15.0. The van der Waals surface area contributed by atoms with Crippen LogP contribution in [0.15, 0.2) is 12.1 Å². The van der Waals surface area contributed by atoms with E-state index in [1.165, 1.54) is 6.07 Å². The van der Waals surface area contributed by atoms with Gasteiger partial charge in [-0.15, -0.1) is 0 Å². The van der Waals surface area contributed by atoms with Crippen molar-refractivity contribution in [3.05, 3.63) is 17.7 Å². The molecule has 0 N–H and O–H groups in total. The third kappa shape index (κ3) is 7.34. The third-order valence-corrected chi connectivity index (χ3v) is 7.89. The fourth-order valence-corrected chi connectivity index (χ4v) is 4.29. The summed E-state index contributed by atoms with van der Waals surface area (Å²) in [5.74, 6) is 0. The summed E-state index contributed by atoms with van der Waals surface area (Å²) in [5.41, 5.74) is -8.49. The van der Waals surface area contributed by atoms with Crippen LogP contribution in [0.25, 0.3) is 0 Å². The number of rotatable bonds is 3. The van der Waals surface area contributed by atoms with E-state index in [2.05, 4.69) is 0 Å². The Balaban J connectivity index is 2.41. The molecular formula is C29H44B2F3NO8. The fourth-order valence-electron chi connectivity index (χ4n) is 4.29. The molecule has 43 heavy (non-hydrogen) atoms. The minimum Gasteiger partial charge on any atom is -0.443 e. The van der Waals surface area contributed by atoms with Gasteiger partial charge in [0.25, 0.3) is 0 Å². The van der Waals surface area contributed by atoms with Crippen LogP contribution in [0, 0.1) is 0 Å². The summed E-state index contributed by atoms with van der Waals surface area (Å²) in [6.07, 6.45) is -7.49. The third-order valence-electron chi connectivity index (χ3n) is 7.89. The Bertz CT molecular complexity index is 1210. The van der Waals surface area contributed by atoms with E-state index in [4.69, 9.17) is 28.1 Å². The molecule has 14 heteroatoms. The molecule has 0 unspecified atom stereocenters. The Kier molecular flexibility index (Phi) is 8.73. The van der Waals surface area contributed by atoms with Gasteiger partial charge in [0.05, 0.1) is 33.7 Å². The Morgan fingerprint density at radius 3 is 1.35 bits per heavy atom. The van der Waals surface area contributed by atoms with Crippen molar-refractivity contribution in [3.63, 3.8) is 0 Å². The van der Waals surface area contributed by atoms with Gasteiger partial charge >= 0.3 is 32.6 Å². The Morgan fingerprint density at radius 1 is 0.674 bits per heavy atom. The summed E-state index contributed by atoms with van der Waals surface area (Å²) in [5, 5.41) is 0. The van der Waals surface area contributed by atoms with Gasteiger partial charge in [0.15, 0.2) is 0 Å². The van der Waals surface area contributed by atoms with Crippen LogP contribution in [0.2, 0.25) is 0 Å². The van der Waals surface area contributed by atoms with Crippen LogP contribution in [-0.2, 0) is 34.3 Å². The number of imide groups is 1. The molecule has 0 bridgehead atoms. The zero-order chi connectivity index (χ0) is 33.4. The average Bonchev–Trinajstić information content (AvgIpc) is 3.09. The minimum atomic E-state index is -4.99. The lowest BCUT2D eigenvalue weighted by molar-refractivity contribution is -0.136. The smallest absolute Gasteiger partial charge is 0.443 e. The normalized spacial score (nSPS) is 21.1. The molecule has 3 rings (SSSR count). The number of ether oxygens (including phenoxy) is 2. The predicted molar refractivity (Wildman–Crippen MR) is 158 cm³/mol. The molecule has 2 amide bonds. The minimum absolute atomic E-state index is 0.0849. The summed E-state index contributed by atoms with van der Waals surface area (Å²) in [4.78, 5) is 27.8. The SMILES string of the molecule is CC(C)(C)OC(=O)N(C(=O)OC(C)(C)C)c1cc(B2OC(C)(C)C(C)(C)O2)cc(C(F)(F)F)c1B1OC(C)(C)C(C)(C)O1. The zero-order valence-electron chi connectivity index (χ0n) is 27.7. The maximum atomic E-state index is 15.0. The highest BCUT2D eigenvalue weighted by atomic mass is 19.4. The summed E-state index contributed by atoms with van der Waals surface area (Å²) < 4.78 is 80.3. The molecule has 0 radical (unpaired) electrons. The quantitative estimate of drug-likeness (QED) is 0.385. The second kappa shape index (κ2) is 10.7. The summed E-state index contributed by atoms with van der Waals surface area (Å²) in [7, 11) is -2.90. The van der Waals surface area contributed by atoms with Crippen molar-refractivity contribution in [2.75, 3.05) is 4.90 Å². The molecule has 2 aliphatic heterocycles. The van der Waals surface area contributed by atoms with E-state index in [1.54, 1.807) is 96.9 Å². The molecule has 0 saturated carbocycles. The topological polar surface area (TPSA) is 92.8 Å². The molecule has 2 heterocycles. The number of carbonyl (C=O) groups excluding carboxylic acids is 2. The maximum Gasteiger partial charge on any atom is 0.497 e. The number of anilines is 1. The van der Waals surface area contributed by atoms with E-state index in [0.717, 1.165) is 6.07 Å². The van der Waals surface area contributed by atoms with Gasteiger partial charge in [0.1, 0.15) is 11.2 Å². The van der Waals surface area contributed by atoms with Crippen LogP contribution in [0.5, 0.6) is 0 Å². The monoisotopic (exact) mass is 613 g/mol. The van der Waals surface area contributed by atoms with E-state index in [1.807, 2.05) is 0 Å². The fraction of sp³-hybridized carbons (Fsp3) is 0.724. The van der Waals surface area contributed by atoms with Crippen molar-refractivity contribution in [2.45, 2.75) is 137 Å². The first kappa shape index (κ1) is 35.2. The van der Waals surface area contributed by atoms with Gasteiger partial charge in [0, 0.05) is 5.46 Å². The van der Waals surface area contributed by atoms with Gasteiger partial charge in [0.2, 0.25) is 0 Å². The van der Waals surface area contributed by atoms with E-state index >= 15 is 13.2 Å². The van der Waals surface area contributed by atoms with Crippen molar-refractivity contribution in [1.82, 2.24) is 0 Å². The summed E-state index contributed by atoms with van der Waals surface area (Å²) in [6.45, 7) is 23.1. The molecule has 0 aromatic heterocycles. The van der Waals surface area contributed by atoms with Crippen LogP contribution >= 0.6 is 0 Å². The van der Waals surface area contributed by atoms with E-state index in [9.17, 15) is 9.59 Å². The molecule has 1 aromatic rings. The number of alkyl halides is 3. The van der Waals surface area contributed by atoms with Crippen molar-refractivity contribution in [1.29, 1.82) is 0 Å². The lowest BCUT2D eigenvalue weighted by Gasteiger charge is -2.32. The van der Waals surface area contributed by atoms with Crippen molar-refractivity contribution in [3.8, 4) is 0 Å². The molecule has 2 fully saturated rings. The number of benzene rings is 1. The van der Waals surface area contributed by atoms with Crippen molar-refractivity contribution < 1.29 is 50.9 Å². The first-order chi connectivity index (χ1) is 19.0. The van der Waals surface area contributed by atoms with E-state index in [0.29, 0.717) is 4.90 Å². The number of amides is 2. The van der Waals surface area contributed by atoms with E-state index < -0.39 is 82.9 Å². The largest absolute Gasteiger partial charge is 0.497 e. The number of hydrogen-bond donors (Lipinski definition) is 0. The molecule has 2 saturated heterocycles. The van der Waals surface area contributed by atoms with Crippen LogP contribution in [-0.4, -0.2) is 60.0 Å². The molecule has 0 spiro atoms. The highest BCUT2D eigenvalue weighted by Gasteiger charge is 2.57. The highest BCUT2D eigenvalue weighted by molar-refractivity contribution is 6.66. The molecule has 240 valence electrons. The molecule has 9 nitrogen and oxygen atoms in total. The van der Waals surface area contributed by atoms with Gasteiger partial charge in [-0.2, -0.15) is 18.1 Å². The first-order valence-electron chi connectivity index (χ1n) is 14.2. The number of nitrogens with zero attached hydrogens (tertiary/aromatic N) is 1. The predicted octanol–water partition coefficient (Wildman–Crippen LogP) is 5.98. The number of carbonyl (C=O) groups is 2. The summed E-state index contributed by atoms with van der Waals surface area (Å²) in [6, 6.07) is 2.10. The number of halogens is 3. The molecular weight excluding hydrogens is 569 g/mol. The van der Waals surface area contributed by atoms with Crippen LogP contribution in [0.1, 0.15) is 102 Å². The first-order valence-corrected chi connectivity index (χ1v) is 14.2. The Hall–Kier alpha value is -2.28. The van der Waals surface area contributed by atoms with Crippen LogP contribution in [0.4, 0.5) is 28.4 Å². The van der Waals surface area contributed by atoms with Gasteiger partial charge in [-0.3, -0.25) is 0 Å². The van der Waals surface area contributed by atoms with Crippen LogP contribution in [0.3, 0.4) is 0 Å². The zero-order valence-corrected chi connectivity index (χ0v) is 27.7. The lowest BCUT2D eigenvalue weighted by Crippen LogP contribution is -2.51. The average molecular weight is 613 g/mol. The highest BCUT2D eigenvalue weighted by Crippen LogP contribution is 2.41. The van der Waals surface area contributed by atoms with Gasteiger partial charge in [-0.25, -0.2) is 9.59 Å². The molecule has 2 aliphatic rings. The van der Waals surface area contributed by atoms with E-state index in [-0.39, 0.29) is 5.46 Å². The van der Waals surface area contributed by atoms with Crippen molar-refractivity contribution in [2.24, 2.45) is 0 Å². The van der Waals surface area contributed by atoms with Gasteiger partial charge < -0.3 is 28.1 Å². The summed E-state index contributed by atoms with van der Waals surface area (Å²) >= 11 is 0. The Labute approximate surface area is 253 Å².